The number of esters is 1. The van der Waals surface area contributed by atoms with E-state index in [0.717, 1.165) is 11.8 Å². The number of rotatable bonds is 6. The van der Waals surface area contributed by atoms with E-state index in [1.807, 2.05) is 30.3 Å². The molecule has 0 saturated heterocycles. The van der Waals surface area contributed by atoms with Crippen LogP contribution in [0.15, 0.2) is 59.5 Å². The summed E-state index contributed by atoms with van der Waals surface area (Å²) in [5, 5.41) is 0. The van der Waals surface area contributed by atoms with Gasteiger partial charge >= 0.3 is 5.97 Å². The highest BCUT2D eigenvalue weighted by atomic mass is 32.2. The van der Waals surface area contributed by atoms with E-state index < -0.39 is 15.8 Å². The molecule has 6 nitrogen and oxygen atoms in total. The SMILES string of the molecule is CN(Cc1ccccc1)C(=O)COC(=O)c1ccc(S(C)(=O)=O)cc1. The molecule has 2 rings (SSSR count). The first kappa shape index (κ1) is 18.7. The molecule has 0 unspecified atom stereocenters. The van der Waals surface area contributed by atoms with Gasteiger partial charge in [-0.25, -0.2) is 13.2 Å². The molecule has 7 heteroatoms. The number of benzene rings is 2. The lowest BCUT2D eigenvalue weighted by Gasteiger charge is -2.17. The Balaban J connectivity index is 1.89. The number of amides is 1. The maximum atomic E-state index is 12.0. The third kappa shape index (κ3) is 5.42. The van der Waals surface area contributed by atoms with Gasteiger partial charge in [0.05, 0.1) is 10.5 Å². The van der Waals surface area contributed by atoms with Crippen molar-refractivity contribution in [2.75, 3.05) is 19.9 Å². The summed E-state index contributed by atoms with van der Waals surface area (Å²) in [6, 6.07) is 14.8. The fraction of sp³-hybridized carbons (Fsp3) is 0.222. The highest BCUT2D eigenvalue weighted by molar-refractivity contribution is 7.90. The molecule has 0 fully saturated rings. The van der Waals surface area contributed by atoms with Crippen LogP contribution >= 0.6 is 0 Å². The summed E-state index contributed by atoms with van der Waals surface area (Å²) in [6.07, 6.45) is 1.08. The molecule has 0 saturated carbocycles. The number of hydrogen-bond donors (Lipinski definition) is 0. The van der Waals surface area contributed by atoms with Crippen LogP contribution in [0.2, 0.25) is 0 Å². The Morgan fingerprint density at radius 1 is 1.00 bits per heavy atom. The summed E-state index contributed by atoms with van der Waals surface area (Å²) >= 11 is 0. The standard InChI is InChI=1S/C18H19NO5S/c1-19(12-14-6-4-3-5-7-14)17(20)13-24-18(21)15-8-10-16(11-9-15)25(2,22)23/h3-11H,12-13H2,1-2H3. The van der Waals surface area contributed by atoms with E-state index in [-0.39, 0.29) is 23.0 Å². The zero-order valence-electron chi connectivity index (χ0n) is 14.0. The van der Waals surface area contributed by atoms with Crippen molar-refractivity contribution in [3.8, 4) is 0 Å². The van der Waals surface area contributed by atoms with Crippen LogP contribution in [-0.4, -0.2) is 45.1 Å². The van der Waals surface area contributed by atoms with Crippen LogP contribution in [0.3, 0.4) is 0 Å². The van der Waals surface area contributed by atoms with E-state index in [1.54, 1.807) is 7.05 Å². The van der Waals surface area contributed by atoms with Crippen molar-refractivity contribution in [1.82, 2.24) is 4.90 Å². The van der Waals surface area contributed by atoms with Crippen LogP contribution in [0.5, 0.6) is 0 Å². The maximum Gasteiger partial charge on any atom is 0.338 e. The van der Waals surface area contributed by atoms with Gasteiger partial charge in [-0.3, -0.25) is 4.79 Å². The van der Waals surface area contributed by atoms with Gasteiger partial charge < -0.3 is 9.64 Å². The Bertz CT molecular complexity index is 845. The zero-order valence-corrected chi connectivity index (χ0v) is 14.8. The highest BCUT2D eigenvalue weighted by Crippen LogP contribution is 2.11. The molecule has 25 heavy (non-hydrogen) atoms. The molecular formula is C18H19NO5S. The smallest absolute Gasteiger partial charge is 0.338 e. The largest absolute Gasteiger partial charge is 0.452 e. The normalized spacial score (nSPS) is 11.0. The van der Waals surface area contributed by atoms with Crippen LogP contribution < -0.4 is 0 Å². The molecule has 0 bridgehead atoms. The van der Waals surface area contributed by atoms with Crippen LogP contribution in [0.25, 0.3) is 0 Å². The van der Waals surface area contributed by atoms with Gasteiger partial charge in [0.25, 0.3) is 5.91 Å². The molecule has 0 spiro atoms. The summed E-state index contributed by atoms with van der Waals surface area (Å²) in [7, 11) is -1.70. The molecule has 0 heterocycles. The summed E-state index contributed by atoms with van der Waals surface area (Å²) < 4.78 is 27.8. The molecule has 0 aliphatic carbocycles. The van der Waals surface area contributed by atoms with Crippen molar-refractivity contribution in [1.29, 1.82) is 0 Å². The van der Waals surface area contributed by atoms with E-state index in [9.17, 15) is 18.0 Å². The monoisotopic (exact) mass is 361 g/mol. The Labute approximate surface area is 146 Å². The van der Waals surface area contributed by atoms with Crippen molar-refractivity contribution in [3.05, 3.63) is 65.7 Å². The first-order chi connectivity index (χ1) is 11.8. The van der Waals surface area contributed by atoms with E-state index in [1.165, 1.54) is 29.2 Å². The van der Waals surface area contributed by atoms with Crippen LogP contribution in [0.1, 0.15) is 15.9 Å². The molecule has 1 amide bonds. The Morgan fingerprint density at radius 3 is 2.16 bits per heavy atom. The van der Waals surface area contributed by atoms with Crippen molar-refractivity contribution < 1.29 is 22.7 Å². The average molecular weight is 361 g/mol. The Morgan fingerprint density at radius 2 is 1.60 bits per heavy atom. The third-order valence-corrected chi connectivity index (χ3v) is 4.66. The fourth-order valence-electron chi connectivity index (χ4n) is 2.10. The number of carbonyl (C=O) groups excluding carboxylic acids is 2. The summed E-state index contributed by atoms with van der Waals surface area (Å²) in [4.78, 5) is 25.6. The molecule has 2 aromatic carbocycles. The van der Waals surface area contributed by atoms with Crippen LogP contribution in [0, 0.1) is 0 Å². The molecule has 2 aromatic rings. The van der Waals surface area contributed by atoms with E-state index in [2.05, 4.69) is 0 Å². The van der Waals surface area contributed by atoms with Gasteiger partial charge in [0.15, 0.2) is 16.4 Å². The van der Waals surface area contributed by atoms with E-state index >= 15 is 0 Å². The minimum absolute atomic E-state index is 0.114. The second-order valence-corrected chi connectivity index (χ2v) is 7.62. The number of carbonyl (C=O) groups is 2. The van der Waals surface area contributed by atoms with Crippen molar-refractivity contribution >= 4 is 21.7 Å². The predicted octanol–water partition coefficient (Wildman–Crippen LogP) is 1.91. The lowest BCUT2D eigenvalue weighted by molar-refractivity contribution is -0.133. The lowest BCUT2D eigenvalue weighted by atomic mass is 10.2. The second kappa shape index (κ2) is 7.94. The highest BCUT2D eigenvalue weighted by Gasteiger charge is 2.15. The second-order valence-electron chi connectivity index (χ2n) is 5.61. The summed E-state index contributed by atoms with van der Waals surface area (Å²) in [5.74, 6) is -1.01. The quantitative estimate of drug-likeness (QED) is 0.734. The topological polar surface area (TPSA) is 80.8 Å². The van der Waals surface area contributed by atoms with Gasteiger partial charge in [0.1, 0.15) is 0 Å². The van der Waals surface area contributed by atoms with Gasteiger partial charge in [-0.2, -0.15) is 0 Å². The minimum atomic E-state index is -3.32. The van der Waals surface area contributed by atoms with E-state index in [0.29, 0.717) is 6.54 Å². The van der Waals surface area contributed by atoms with Gasteiger partial charge in [0, 0.05) is 19.8 Å². The molecule has 0 radical (unpaired) electrons. The fourth-order valence-corrected chi connectivity index (χ4v) is 2.73. The number of hydrogen-bond acceptors (Lipinski definition) is 5. The number of sulfone groups is 1. The van der Waals surface area contributed by atoms with Crippen molar-refractivity contribution in [2.45, 2.75) is 11.4 Å². The molecule has 0 aliphatic heterocycles. The maximum absolute atomic E-state index is 12.0. The van der Waals surface area contributed by atoms with Crippen LogP contribution in [-0.2, 0) is 25.9 Å². The van der Waals surface area contributed by atoms with Gasteiger partial charge in [0.2, 0.25) is 0 Å². The third-order valence-electron chi connectivity index (χ3n) is 3.53. The van der Waals surface area contributed by atoms with E-state index in [4.69, 9.17) is 4.74 Å². The number of likely N-dealkylation sites (N-methyl/N-ethyl adjacent to an activating group) is 1. The predicted molar refractivity (Wildman–Crippen MR) is 92.8 cm³/mol. The Hall–Kier alpha value is -2.67. The van der Waals surface area contributed by atoms with Crippen molar-refractivity contribution in [3.63, 3.8) is 0 Å². The molecular weight excluding hydrogens is 342 g/mol. The summed E-state index contributed by atoms with van der Waals surface area (Å²) in [5.41, 5.74) is 1.16. The molecule has 0 aliphatic rings. The summed E-state index contributed by atoms with van der Waals surface area (Å²) in [6.45, 7) is 0.0380. The van der Waals surface area contributed by atoms with Gasteiger partial charge in [-0.15, -0.1) is 0 Å². The van der Waals surface area contributed by atoms with Gasteiger partial charge in [-0.05, 0) is 29.8 Å². The minimum Gasteiger partial charge on any atom is -0.452 e. The Kier molecular flexibility index (Phi) is 5.93. The first-order valence-electron chi connectivity index (χ1n) is 7.52. The molecule has 132 valence electrons. The van der Waals surface area contributed by atoms with Crippen molar-refractivity contribution in [2.24, 2.45) is 0 Å². The van der Waals surface area contributed by atoms with Gasteiger partial charge in [-0.1, -0.05) is 30.3 Å². The number of nitrogens with zero attached hydrogens (tertiary/aromatic N) is 1. The first-order valence-corrected chi connectivity index (χ1v) is 9.41. The van der Waals surface area contributed by atoms with Crippen LogP contribution in [0.4, 0.5) is 0 Å². The molecule has 0 aromatic heterocycles. The molecule has 0 atom stereocenters. The number of ether oxygens (including phenoxy) is 1. The zero-order chi connectivity index (χ0) is 18.4. The molecule has 0 N–H and O–H groups in total. The average Bonchev–Trinajstić information content (AvgIpc) is 2.59. The lowest BCUT2D eigenvalue weighted by Crippen LogP contribution is -2.30.